The fraction of sp³-hybridized carbons (Fsp3) is 0.0750. The molecule has 2 heterocycles. The number of benzene rings is 6. The lowest BCUT2D eigenvalue weighted by Crippen LogP contribution is -2.15. The number of rotatable bonds is 2. The molecule has 0 unspecified atom stereocenters. The molecule has 0 atom stereocenters. The van der Waals surface area contributed by atoms with Gasteiger partial charge >= 0.3 is 5.63 Å². The molecule has 8 aromatic rings. The number of nitrogens with zero attached hydrogens (tertiary/aromatic N) is 1. The quantitative estimate of drug-likeness (QED) is 0.158. The molecule has 3 heteroatoms. The van der Waals surface area contributed by atoms with Crippen molar-refractivity contribution in [1.29, 1.82) is 0 Å². The van der Waals surface area contributed by atoms with Crippen LogP contribution in [0.4, 0.5) is 0 Å². The smallest absolute Gasteiger partial charge is 0.344 e. The van der Waals surface area contributed by atoms with Crippen LogP contribution < -0.4 is 5.63 Å². The van der Waals surface area contributed by atoms with Gasteiger partial charge in [0.1, 0.15) is 5.58 Å². The normalized spacial score (nSPS) is 13.6. The zero-order valence-corrected chi connectivity index (χ0v) is 23.9. The summed E-state index contributed by atoms with van der Waals surface area (Å²) in [7, 11) is 0. The second kappa shape index (κ2) is 8.56. The standard InChI is InChI=1S/C40H27NO2/c1-40(2)34-12-6-3-9-28(34)29-19-17-26(23-35(29)40)41-36-13-7-4-10-30(36)32-21-25(16-20-37(32)41)24-15-18-27-31-11-5-8-14-38(31)43-39(42)33(27)22-24/h3-23H,1-2H3. The Morgan fingerprint density at radius 1 is 0.535 bits per heavy atom. The highest BCUT2D eigenvalue weighted by molar-refractivity contribution is 6.11. The van der Waals surface area contributed by atoms with Gasteiger partial charge in [0, 0.05) is 27.3 Å². The topological polar surface area (TPSA) is 35.1 Å². The van der Waals surface area contributed by atoms with Gasteiger partial charge in [-0.05, 0) is 81.2 Å². The van der Waals surface area contributed by atoms with E-state index in [9.17, 15) is 4.79 Å². The maximum atomic E-state index is 13.0. The second-order valence-electron chi connectivity index (χ2n) is 12.1. The first-order valence-corrected chi connectivity index (χ1v) is 14.7. The van der Waals surface area contributed by atoms with E-state index in [1.807, 2.05) is 36.4 Å². The van der Waals surface area contributed by atoms with Crippen LogP contribution in [0.25, 0.3) is 71.5 Å². The summed E-state index contributed by atoms with van der Waals surface area (Å²) in [4.78, 5) is 13.0. The third kappa shape index (κ3) is 3.33. The van der Waals surface area contributed by atoms with Gasteiger partial charge in [0.05, 0.1) is 16.4 Å². The molecule has 43 heavy (non-hydrogen) atoms. The summed E-state index contributed by atoms with van der Waals surface area (Å²) in [5, 5.41) is 4.84. The van der Waals surface area contributed by atoms with Crippen molar-refractivity contribution in [2.24, 2.45) is 0 Å². The Kier molecular flexibility index (Phi) is 4.82. The maximum absolute atomic E-state index is 13.0. The molecular weight excluding hydrogens is 526 g/mol. The lowest BCUT2D eigenvalue weighted by atomic mass is 9.82. The van der Waals surface area contributed by atoms with Crippen LogP contribution in [0.1, 0.15) is 25.0 Å². The minimum Gasteiger partial charge on any atom is -0.422 e. The summed E-state index contributed by atoms with van der Waals surface area (Å²) >= 11 is 0. The summed E-state index contributed by atoms with van der Waals surface area (Å²) in [5.74, 6) is 0. The molecule has 0 saturated carbocycles. The molecule has 0 radical (unpaired) electrons. The van der Waals surface area contributed by atoms with Gasteiger partial charge in [0.25, 0.3) is 0 Å². The predicted molar refractivity (Wildman–Crippen MR) is 177 cm³/mol. The molecule has 1 aliphatic rings. The van der Waals surface area contributed by atoms with E-state index in [0.717, 1.165) is 33.1 Å². The van der Waals surface area contributed by atoms with Gasteiger partial charge in [-0.15, -0.1) is 0 Å². The van der Waals surface area contributed by atoms with Crippen LogP contribution in [0.3, 0.4) is 0 Å². The minimum atomic E-state index is -0.310. The summed E-state index contributed by atoms with van der Waals surface area (Å²) < 4.78 is 8.04. The van der Waals surface area contributed by atoms with E-state index >= 15 is 0 Å². The van der Waals surface area contributed by atoms with Crippen molar-refractivity contribution in [3.8, 4) is 27.9 Å². The van der Waals surface area contributed by atoms with E-state index < -0.39 is 0 Å². The van der Waals surface area contributed by atoms with Crippen LogP contribution in [0.15, 0.2) is 137 Å². The zero-order valence-electron chi connectivity index (χ0n) is 23.9. The molecule has 0 saturated heterocycles. The van der Waals surface area contributed by atoms with Crippen LogP contribution in [0.2, 0.25) is 0 Å². The Hall–Kier alpha value is -5.41. The molecule has 0 N–H and O–H groups in total. The molecule has 0 amide bonds. The first-order valence-electron chi connectivity index (χ1n) is 14.7. The van der Waals surface area contributed by atoms with E-state index in [4.69, 9.17) is 4.42 Å². The largest absolute Gasteiger partial charge is 0.422 e. The lowest BCUT2D eigenvalue weighted by molar-refractivity contribution is 0.569. The molecule has 2 aromatic heterocycles. The van der Waals surface area contributed by atoms with Crippen LogP contribution in [0, 0.1) is 0 Å². The summed E-state index contributed by atoms with van der Waals surface area (Å²) in [5.41, 5.74) is 11.2. The van der Waals surface area contributed by atoms with E-state index in [1.165, 1.54) is 38.5 Å². The number of fused-ring (bicyclic) bond motifs is 9. The molecule has 0 aliphatic heterocycles. The van der Waals surface area contributed by atoms with Crippen molar-refractivity contribution in [3.05, 3.63) is 149 Å². The molecule has 1 aliphatic carbocycles. The van der Waals surface area contributed by atoms with Gasteiger partial charge in [-0.25, -0.2) is 4.79 Å². The summed E-state index contributed by atoms with van der Waals surface area (Å²) in [6, 6.07) is 44.8. The molecule has 0 fully saturated rings. The number of aromatic nitrogens is 1. The maximum Gasteiger partial charge on any atom is 0.344 e. The van der Waals surface area contributed by atoms with E-state index in [0.29, 0.717) is 11.0 Å². The van der Waals surface area contributed by atoms with Crippen molar-refractivity contribution in [2.45, 2.75) is 19.3 Å². The Bertz CT molecular complexity index is 2510. The van der Waals surface area contributed by atoms with Crippen molar-refractivity contribution in [3.63, 3.8) is 0 Å². The monoisotopic (exact) mass is 553 g/mol. The van der Waals surface area contributed by atoms with Gasteiger partial charge in [0.15, 0.2) is 0 Å². The van der Waals surface area contributed by atoms with Gasteiger partial charge < -0.3 is 8.98 Å². The molecule has 0 spiro atoms. The van der Waals surface area contributed by atoms with Gasteiger partial charge in [-0.1, -0.05) is 98.8 Å². The molecule has 204 valence electrons. The SMILES string of the molecule is CC1(C)c2ccccc2-c2ccc(-n3c4ccccc4c4cc(-c5ccc6c(c5)c(=O)oc5ccccc56)ccc43)cc21. The van der Waals surface area contributed by atoms with Gasteiger partial charge in [-0.3, -0.25) is 0 Å². The van der Waals surface area contributed by atoms with Crippen molar-refractivity contribution in [1.82, 2.24) is 4.57 Å². The van der Waals surface area contributed by atoms with Crippen LogP contribution in [-0.4, -0.2) is 4.57 Å². The predicted octanol–water partition coefficient (Wildman–Crippen LogP) is 10.0. The van der Waals surface area contributed by atoms with Crippen LogP contribution in [0.5, 0.6) is 0 Å². The van der Waals surface area contributed by atoms with E-state index in [-0.39, 0.29) is 11.0 Å². The third-order valence-corrected chi connectivity index (χ3v) is 9.45. The molecule has 3 nitrogen and oxygen atoms in total. The van der Waals surface area contributed by atoms with Gasteiger partial charge in [0.2, 0.25) is 0 Å². The highest BCUT2D eigenvalue weighted by atomic mass is 16.4. The van der Waals surface area contributed by atoms with Crippen LogP contribution in [-0.2, 0) is 5.41 Å². The Morgan fingerprint density at radius 2 is 1.21 bits per heavy atom. The third-order valence-electron chi connectivity index (χ3n) is 9.45. The average molecular weight is 554 g/mol. The molecule has 9 rings (SSSR count). The second-order valence-corrected chi connectivity index (χ2v) is 12.1. The lowest BCUT2D eigenvalue weighted by Gasteiger charge is -2.22. The van der Waals surface area contributed by atoms with E-state index in [1.54, 1.807) is 0 Å². The number of para-hydroxylation sites is 2. The number of hydrogen-bond acceptors (Lipinski definition) is 2. The highest BCUT2D eigenvalue weighted by Crippen LogP contribution is 2.49. The van der Waals surface area contributed by atoms with Crippen LogP contribution >= 0.6 is 0 Å². The fourth-order valence-corrected chi connectivity index (χ4v) is 7.32. The zero-order chi connectivity index (χ0) is 28.9. The first-order chi connectivity index (χ1) is 21.0. The highest BCUT2D eigenvalue weighted by Gasteiger charge is 2.35. The fourth-order valence-electron chi connectivity index (χ4n) is 7.32. The summed E-state index contributed by atoms with van der Waals surface area (Å²) in [6.45, 7) is 4.65. The minimum absolute atomic E-state index is 0.0675. The summed E-state index contributed by atoms with van der Waals surface area (Å²) in [6.07, 6.45) is 0. The van der Waals surface area contributed by atoms with Crippen molar-refractivity contribution in [2.75, 3.05) is 0 Å². The first kappa shape index (κ1) is 24.2. The van der Waals surface area contributed by atoms with E-state index in [2.05, 4.69) is 109 Å². The van der Waals surface area contributed by atoms with Crippen molar-refractivity contribution >= 4 is 43.5 Å². The van der Waals surface area contributed by atoms with Crippen molar-refractivity contribution < 1.29 is 4.42 Å². The molecular formula is C40H27NO2. The number of hydrogen-bond donors (Lipinski definition) is 0. The molecule has 0 bridgehead atoms. The molecule has 6 aromatic carbocycles. The Labute approximate surface area is 248 Å². The Balaban J connectivity index is 1.24. The average Bonchev–Trinajstić information content (AvgIpc) is 3.49. The Morgan fingerprint density at radius 3 is 2.09 bits per heavy atom. The van der Waals surface area contributed by atoms with Gasteiger partial charge in [-0.2, -0.15) is 0 Å².